The van der Waals surface area contributed by atoms with Crippen LogP contribution in [0.1, 0.15) is 81.2 Å². The maximum Gasteiger partial charge on any atom is 0.0896 e. The largest absolute Gasteiger partial charge is 0.249 e. The fourth-order valence-electron chi connectivity index (χ4n) is 3.49. The van der Waals surface area contributed by atoms with E-state index in [4.69, 9.17) is 9.97 Å². The SMILES string of the molecule is C/C=C(C)/C=C/c1ccc2nc(C3CCC3)c(C3CCC3)nc2c1. The van der Waals surface area contributed by atoms with Crippen molar-refractivity contribution in [2.75, 3.05) is 0 Å². The summed E-state index contributed by atoms with van der Waals surface area (Å²) in [6, 6.07) is 6.48. The molecule has 0 radical (unpaired) electrons. The van der Waals surface area contributed by atoms with Gasteiger partial charge >= 0.3 is 0 Å². The van der Waals surface area contributed by atoms with Gasteiger partial charge in [0.05, 0.1) is 22.4 Å². The number of benzene rings is 1. The van der Waals surface area contributed by atoms with Crippen LogP contribution in [0, 0.1) is 0 Å². The second kappa shape index (κ2) is 6.51. The maximum atomic E-state index is 5.10. The molecule has 0 aliphatic heterocycles. The minimum Gasteiger partial charge on any atom is -0.249 e. The first-order valence-electron chi connectivity index (χ1n) is 9.37. The van der Waals surface area contributed by atoms with Gasteiger partial charge in [0.15, 0.2) is 0 Å². The van der Waals surface area contributed by atoms with Crippen molar-refractivity contribution in [3.05, 3.63) is 52.9 Å². The summed E-state index contributed by atoms with van der Waals surface area (Å²) in [4.78, 5) is 10.2. The molecule has 0 bridgehead atoms. The van der Waals surface area contributed by atoms with Gasteiger partial charge in [0.25, 0.3) is 0 Å². The monoisotopic (exact) mass is 318 g/mol. The molecule has 2 aliphatic rings. The van der Waals surface area contributed by atoms with Crippen LogP contribution in [-0.2, 0) is 0 Å². The summed E-state index contributed by atoms with van der Waals surface area (Å²) in [5.74, 6) is 1.32. The van der Waals surface area contributed by atoms with Crippen molar-refractivity contribution < 1.29 is 0 Å². The Morgan fingerprint density at radius 3 is 2.12 bits per heavy atom. The molecule has 2 heteroatoms. The van der Waals surface area contributed by atoms with E-state index in [-0.39, 0.29) is 0 Å². The van der Waals surface area contributed by atoms with Gasteiger partial charge in [-0.2, -0.15) is 0 Å². The van der Waals surface area contributed by atoms with Crippen molar-refractivity contribution in [2.45, 2.75) is 64.2 Å². The highest BCUT2D eigenvalue weighted by molar-refractivity contribution is 5.78. The smallest absolute Gasteiger partial charge is 0.0896 e. The Bertz CT molecular complexity index is 808. The predicted molar refractivity (Wildman–Crippen MR) is 101 cm³/mol. The van der Waals surface area contributed by atoms with Gasteiger partial charge < -0.3 is 0 Å². The zero-order valence-corrected chi connectivity index (χ0v) is 14.8. The molecule has 24 heavy (non-hydrogen) atoms. The highest BCUT2D eigenvalue weighted by Gasteiger charge is 2.30. The molecule has 0 N–H and O–H groups in total. The van der Waals surface area contributed by atoms with E-state index in [9.17, 15) is 0 Å². The number of hydrogen-bond acceptors (Lipinski definition) is 2. The van der Waals surface area contributed by atoms with Gasteiger partial charge in [-0.1, -0.05) is 42.7 Å². The van der Waals surface area contributed by atoms with Crippen LogP contribution in [0.2, 0.25) is 0 Å². The minimum atomic E-state index is 0.655. The van der Waals surface area contributed by atoms with Gasteiger partial charge in [-0.25, -0.2) is 9.97 Å². The van der Waals surface area contributed by atoms with Crippen molar-refractivity contribution in [3.8, 4) is 0 Å². The molecule has 2 aromatic rings. The van der Waals surface area contributed by atoms with Gasteiger partial charge in [-0.15, -0.1) is 0 Å². The van der Waals surface area contributed by atoms with Crippen LogP contribution < -0.4 is 0 Å². The molecule has 2 nitrogen and oxygen atoms in total. The van der Waals surface area contributed by atoms with E-state index < -0.39 is 0 Å². The van der Waals surface area contributed by atoms with Gasteiger partial charge in [0, 0.05) is 11.8 Å². The summed E-state index contributed by atoms with van der Waals surface area (Å²) < 4.78 is 0. The molecule has 2 saturated carbocycles. The zero-order chi connectivity index (χ0) is 16.5. The number of nitrogens with zero attached hydrogens (tertiary/aromatic N) is 2. The van der Waals surface area contributed by atoms with E-state index in [1.807, 2.05) is 0 Å². The number of allylic oxidation sites excluding steroid dienone is 3. The Kier molecular flexibility index (Phi) is 4.22. The van der Waals surface area contributed by atoms with E-state index >= 15 is 0 Å². The molecule has 0 atom stereocenters. The maximum absolute atomic E-state index is 5.10. The van der Waals surface area contributed by atoms with Crippen LogP contribution in [0.25, 0.3) is 17.1 Å². The molecule has 2 aliphatic carbocycles. The van der Waals surface area contributed by atoms with E-state index in [1.54, 1.807) is 0 Å². The molecular formula is C22H26N2. The summed E-state index contributed by atoms with van der Waals surface area (Å²) in [6.45, 7) is 4.19. The number of hydrogen-bond donors (Lipinski definition) is 0. The van der Waals surface area contributed by atoms with Crippen LogP contribution in [0.15, 0.2) is 35.9 Å². The van der Waals surface area contributed by atoms with Crippen molar-refractivity contribution in [3.63, 3.8) is 0 Å². The average molecular weight is 318 g/mol. The molecular weight excluding hydrogens is 292 g/mol. The third-order valence-electron chi connectivity index (χ3n) is 5.72. The zero-order valence-electron chi connectivity index (χ0n) is 14.8. The van der Waals surface area contributed by atoms with Crippen LogP contribution >= 0.6 is 0 Å². The lowest BCUT2D eigenvalue weighted by Gasteiger charge is -2.32. The second-order valence-electron chi connectivity index (χ2n) is 7.36. The van der Waals surface area contributed by atoms with Crippen LogP contribution in [0.4, 0.5) is 0 Å². The molecule has 0 unspecified atom stereocenters. The fourth-order valence-corrected chi connectivity index (χ4v) is 3.49. The lowest BCUT2D eigenvalue weighted by Crippen LogP contribution is -2.20. The Morgan fingerprint density at radius 1 is 0.958 bits per heavy atom. The molecule has 4 rings (SSSR count). The molecule has 0 amide bonds. The molecule has 1 aromatic carbocycles. The Labute approximate surface area is 144 Å². The predicted octanol–water partition coefficient (Wildman–Crippen LogP) is 6.14. The second-order valence-corrected chi connectivity index (χ2v) is 7.36. The molecule has 1 heterocycles. The highest BCUT2D eigenvalue weighted by atomic mass is 14.8. The Morgan fingerprint density at radius 2 is 1.58 bits per heavy atom. The molecule has 1 aromatic heterocycles. The highest BCUT2D eigenvalue weighted by Crippen LogP contribution is 2.43. The van der Waals surface area contributed by atoms with E-state index in [0.29, 0.717) is 11.8 Å². The summed E-state index contributed by atoms with van der Waals surface area (Å²) in [6.07, 6.45) is 14.3. The minimum absolute atomic E-state index is 0.655. The summed E-state index contributed by atoms with van der Waals surface area (Å²) >= 11 is 0. The fraction of sp³-hybridized carbons (Fsp3) is 0.455. The van der Waals surface area contributed by atoms with Crippen molar-refractivity contribution in [1.82, 2.24) is 9.97 Å². The first-order valence-corrected chi connectivity index (χ1v) is 9.37. The van der Waals surface area contributed by atoms with Crippen LogP contribution in [0.5, 0.6) is 0 Å². The molecule has 2 fully saturated rings. The summed E-state index contributed by atoms with van der Waals surface area (Å²) in [5, 5.41) is 0. The number of aromatic nitrogens is 2. The van der Waals surface area contributed by atoms with E-state index in [1.165, 1.54) is 61.0 Å². The van der Waals surface area contributed by atoms with Crippen molar-refractivity contribution in [1.29, 1.82) is 0 Å². The van der Waals surface area contributed by atoms with E-state index in [2.05, 4.69) is 50.3 Å². The quantitative estimate of drug-likeness (QED) is 0.632. The lowest BCUT2D eigenvalue weighted by atomic mass is 9.76. The first kappa shape index (κ1) is 15.6. The number of fused-ring (bicyclic) bond motifs is 1. The molecule has 124 valence electrons. The third kappa shape index (κ3) is 2.90. The van der Waals surface area contributed by atoms with Crippen molar-refractivity contribution in [2.24, 2.45) is 0 Å². The molecule has 0 spiro atoms. The van der Waals surface area contributed by atoms with Crippen LogP contribution in [0.3, 0.4) is 0 Å². The third-order valence-corrected chi connectivity index (χ3v) is 5.72. The first-order chi connectivity index (χ1) is 11.7. The van der Waals surface area contributed by atoms with Gasteiger partial charge in [0.1, 0.15) is 0 Å². The van der Waals surface area contributed by atoms with Gasteiger partial charge in [-0.05, 0) is 57.2 Å². The summed E-state index contributed by atoms with van der Waals surface area (Å²) in [7, 11) is 0. The average Bonchev–Trinajstić information content (AvgIpc) is 2.49. The standard InChI is InChI=1S/C22H26N2/c1-3-15(2)10-11-16-12-13-19-20(14-16)24-22(18-8-5-9-18)21(23-19)17-6-4-7-17/h3,10-14,17-18H,4-9H2,1-2H3/b11-10+,15-3+. The summed E-state index contributed by atoms with van der Waals surface area (Å²) in [5.41, 5.74) is 7.21. The number of rotatable bonds is 4. The van der Waals surface area contributed by atoms with Gasteiger partial charge in [0.2, 0.25) is 0 Å². The molecule has 0 saturated heterocycles. The Hall–Kier alpha value is -1.96. The lowest BCUT2D eigenvalue weighted by molar-refractivity contribution is 0.376. The topological polar surface area (TPSA) is 25.8 Å². The normalized spacial score (nSPS) is 19.7. The Balaban J connectivity index is 1.74. The van der Waals surface area contributed by atoms with Gasteiger partial charge in [-0.3, -0.25) is 0 Å². The van der Waals surface area contributed by atoms with Crippen LogP contribution in [-0.4, -0.2) is 9.97 Å². The van der Waals surface area contributed by atoms with Crippen molar-refractivity contribution >= 4 is 17.1 Å². The van der Waals surface area contributed by atoms with E-state index in [0.717, 1.165) is 11.0 Å².